The second-order valence-electron chi connectivity index (χ2n) is 12.5. The van der Waals surface area contributed by atoms with Crippen LogP contribution in [0.3, 0.4) is 0 Å². The summed E-state index contributed by atoms with van der Waals surface area (Å²) in [6.07, 6.45) is 2.57. The number of aromatic nitrogens is 1. The molecule has 5 amide bonds. The van der Waals surface area contributed by atoms with Crippen molar-refractivity contribution in [1.82, 2.24) is 41.8 Å². The summed E-state index contributed by atoms with van der Waals surface area (Å²) in [5, 5.41) is 27.4. The number of rotatable bonds is 8. The Morgan fingerprint density at radius 3 is 2.34 bits per heavy atom. The number of aromatic amines is 1. The molecule has 0 bridgehead atoms. The molecular weight excluding hydrogens is 608 g/mol. The first-order valence-electron chi connectivity index (χ1n) is 16.1. The number of fused-ring (bicyclic) bond motifs is 1. The Hall–Kier alpha value is -4.50. The van der Waals surface area contributed by atoms with E-state index in [9.17, 15) is 33.9 Å². The minimum Gasteiger partial charge on any atom is -0.481 e. The Balaban J connectivity index is 1.63. The third kappa shape index (κ3) is 9.29. The van der Waals surface area contributed by atoms with Gasteiger partial charge in [0.05, 0.1) is 12.5 Å². The number of piperidine rings is 1. The van der Waals surface area contributed by atoms with Crippen LogP contribution in [-0.4, -0.2) is 114 Å². The van der Waals surface area contributed by atoms with E-state index >= 15 is 0 Å². The number of carbonyl (C=O) groups excluding carboxylic acids is 5. The number of likely N-dealkylation sites (N-methyl/N-ethyl adjacent to an activating group) is 1. The lowest BCUT2D eigenvalue weighted by atomic mass is 9.97. The van der Waals surface area contributed by atoms with Gasteiger partial charge in [0.1, 0.15) is 18.1 Å². The van der Waals surface area contributed by atoms with Gasteiger partial charge in [-0.3, -0.25) is 28.8 Å². The topological polar surface area (TPSA) is 214 Å². The lowest BCUT2D eigenvalue weighted by Gasteiger charge is -2.34. The van der Waals surface area contributed by atoms with Crippen LogP contribution in [-0.2, 0) is 35.2 Å². The van der Waals surface area contributed by atoms with Gasteiger partial charge in [0, 0.05) is 56.1 Å². The highest BCUT2D eigenvalue weighted by Crippen LogP contribution is 2.21. The zero-order chi connectivity index (χ0) is 34.1. The summed E-state index contributed by atoms with van der Waals surface area (Å²) >= 11 is 0. The fourth-order valence-electron chi connectivity index (χ4n) is 6.19. The van der Waals surface area contributed by atoms with Gasteiger partial charge in [0.15, 0.2) is 0 Å². The molecule has 1 aromatic heterocycles. The lowest BCUT2D eigenvalue weighted by Crippen LogP contribution is -2.61. The van der Waals surface area contributed by atoms with Crippen LogP contribution >= 0.6 is 0 Å². The summed E-state index contributed by atoms with van der Waals surface area (Å²) in [6, 6.07) is 2.94. The number of para-hydroxylation sites is 1. The van der Waals surface area contributed by atoms with Gasteiger partial charge in [-0.2, -0.15) is 0 Å². The fourth-order valence-corrected chi connectivity index (χ4v) is 6.19. The largest absolute Gasteiger partial charge is 0.481 e. The van der Waals surface area contributed by atoms with E-state index in [-0.39, 0.29) is 37.9 Å². The van der Waals surface area contributed by atoms with E-state index in [0.29, 0.717) is 25.9 Å². The molecule has 0 radical (unpaired) electrons. The van der Waals surface area contributed by atoms with Crippen molar-refractivity contribution in [3.8, 4) is 0 Å². The van der Waals surface area contributed by atoms with E-state index in [0.717, 1.165) is 16.5 Å². The van der Waals surface area contributed by atoms with Crippen LogP contribution in [0.15, 0.2) is 30.5 Å². The summed E-state index contributed by atoms with van der Waals surface area (Å²) in [4.78, 5) is 83.7. The highest BCUT2D eigenvalue weighted by molar-refractivity contribution is 5.96. The number of nitrogens with zero attached hydrogens (tertiary/aromatic N) is 1. The van der Waals surface area contributed by atoms with Gasteiger partial charge in [-0.05, 0) is 43.5 Å². The maximum atomic E-state index is 14.2. The quantitative estimate of drug-likeness (QED) is 0.172. The molecule has 0 spiro atoms. The molecule has 3 heterocycles. The normalized spacial score (nSPS) is 24.2. The summed E-state index contributed by atoms with van der Waals surface area (Å²) in [5.41, 5.74) is 1.59. The minimum atomic E-state index is -1.23. The number of benzene rings is 1. The van der Waals surface area contributed by atoms with Gasteiger partial charge in [-0.1, -0.05) is 32.0 Å². The molecule has 256 valence electrons. The van der Waals surface area contributed by atoms with Crippen LogP contribution in [0.2, 0.25) is 0 Å². The second kappa shape index (κ2) is 16.4. The van der Waals surface area contributed by atoms with E-state index in [2.05, 4.69) is 36.9 Å². The first-order chi connectivity index (χ1) is 22.5. The molecule has 15 heteroatoms. The Morgan fingerprint density at radius 2 is 1.64 bits per heavy atom. The van der Waals surface area contributed by atoms with Crippen LogP contribution in [0.5, 0.6) is 0 Å². The number of hydrogen-bond donors (Lipinski definition) is 8. The second-order valence-corrected chi connectivity index (χ2v) is 12.5. The van der Waals surface area contributed by atoms with Gasteiger partial charge < -0.3 is 46.9 Å². The average molecular weight is 655 g/mol. The number of H-pyrrole nitrogens is 1. The molecular formula is C32H46N8O7. The summed E-state index contributed by atoms with van der Waals surface area (Å²) in [7, 11) is 1.46. The average Bonchev–Trinajstić information content (AvgIpc) is 3.45. The highest BCUT2D eigenvalue weighted by atomic mass is 16.4. The molecule has 4 atom stereocenters. The molecule has 2 aromatic rings. The van der Waals surface area contributed by atoms with Crippen molar-refractivity contribution >= 4 is 46.4 Å². The molecule has 47 heavy (non-hydrogen) atoms. The maximum Gasteiger partial charge on any atom is 0.305 e. The van der Waals surface area contributed by atoms with Gasteiger partial charge >= 0.3 is 5.97 Å². The molecule has 15 nitrogen and oxygen atoms in total. The van der Waals surface area contributed by atoms with Crippen molar-refractivity contribution in [1.29, 1.82) is 0 Å². The van der Waals surface area contributed by atoms with Crippen LogP contribution in [0.1, 0.15) is 38.7 Å². The van der Waals surface area contributed by atoms with Gasteiger partial charge in [-0.25, -0.2) is 0 Å². The summed E-state index contributed by atoms with van der Waals surface area (Å²) in [6.45, 7) is 4.80. The van der Waals surface area contributed by atoms with Crippen molar-refractivity contribution in [2.45, 2.75) is 63.7 Å². The highest BCUT2D eigenvalue weighted by Gasteiger charge is 2.37. The molecule has 0 aliphatic carbocycles. The van der Waals surface area contributed by atoms with Gasteiger partial charge in [-0.15, -0.1) is 0 Å². The lowest BCUT2D eigenvalue weighted by molar-refractivity contribution is -0.144. The zero-order valence-electron chi connectivity index (χ0n) is 27.1. The number of carbonyl (C=O) groups is 6. The monoisotopic (exact) mass is 654 g/mol. The molecule has 2 aliphatic heterocycles. The van der Waals surface area contributed by atoms with Gasteiger partial charge in [0.25, 0.3) is 0 Å². The predicted molar refractivity (Wildman–Crippen MR) is 173 cm³/mol. The molecule has 0 saturated carbocycles. The minimum absolute atomic E-state index is 0.00204. The predicted octanol–water partition coefficient (Wildman–Crippen LogP) is -1.16. The van der Waals surface area contributed by atoms with Crippen molar-refractivity contribution in [3.05, 3.63) is 36.0 Å². The molecule has 2 saturated heterocycles. The fraction of sp³-hybridized carbons (Fsp3) is 0.562. The van der Waals surface area contributed by atoms with E-state index in [1.165, 1.54) is 11.9 Å². The molecule has 4 rings (SSSR count). The first-order valence-corrected chi connectivity index (χ1v) is 16.1. The van der Waals surface area contributed by atoms with Crippen LogP contribution in [0.25, 0.3) is 10.9 Å². The van der Waals surface area contributed by atoms with E-state index in [4.69, 9.17) is 0 Å². The van der Waals surface area contributed by atoms with Gasteiger partial charge in [0.2, 0.25) is 29.5 Å². The Bertz CT molecular complexity index is 1450. The number of nitrogens with one attached hydrogen (secondary N) is 7. The van der Waals surface area contributed by atoms with Crippen LogP contribution in [0, 0.1) is 11.8 Å². The molecule has 2 fully saturated rings. The van der Waals surface area contributed by atoms with Crippen LogP contribution in [0.4, 0.5) is 0 Å². The first kappa shape index (κ1) is 35.4. The smallest absolute Gasteiger partial charge is 0.305 e. The SMILES string of the molecule is CC(C)C1C(=O)NC(CNC(=O)C2CCNCC2)C(=O)NCCNC(CC(=O)O)C(=O)NC(Cc2c[nH]c3ccccc23)C(=O)N1C. The summed E-state index contributed by atoms with van der Waals surface area (Å²) < 4.78 is 0. The number of hydrogen-bond acceptors (Lipinski definition) is 8. The van der Waals surface area contributed by atoms with Crippen molar-refractivity contribution in [2.24, 2.45) is 11.8 Å². The van der Waals surface area contributed by atoms with E-state index in [1.54, 1.807) is 20.0 Å². The summed E-state index contributed by atoms with van der Waals surface area (Å²) in [5.74, 6) is -4.49. The standard InChI is InChI=1S/C32H46N8O7/c1-18(2)27-31(46)39-25(17-37-28(43)19-8-10-33-11-9-19)29(44)35-13-12-34-23(15-26(41)42)30(45)38-24(32(47)40(27)3)14-20-16-36-22-7-5-4-6-21(20)22/h4-7,16,18-19,23-25,27,33-34,36H,8-15,17H2,1-3H3,(H,35,44)(H,37,43)(H,38,45)(H,39,46)(H,41,42). The third-order valence-corrected chi connectivity index (χ3v) is 8.71. The molecule has 2 aliphatic rings. The number of amides is 5. The third-order valence-electron chi connectivity index (χ3n) is 8.71. The van der Waals surface area contributed by atoms with E-state index < -0.39 is 66.1 Å². The molecule has 4 unspecified atom stereocenters. The number of carboxylic acids is 1. The zero-order valence-corrected chi connectivity index (χ0v) is 27.1. The van der Waals surface area contributed by atoms with E-state index in [1.807, 2.05) is 24.3 Å². The Kier molecular flexibility index (Phi) is 12.3. The maximum absolute atomic E-state index is 14.2. The Labute approximate surface area is 273 Å². The van der Waals surface area contributed by atoms with Crippen LogP contribution < -0.4 is 31.9 Å². The Morgan fingerprint density at radius 1 is 0.936 bits per heavy atom. The van der Waals surface area contributed by atoms with Crippen molar-refractivity contribution in [2.75, 3.05) is 39.8 Å². The van der Waals surface area contributed by atoms with Crippen molar-refractivity contribution < 1.29 is 33.9 Å². The van der Waals surface area contributed by atoms with Crippen molar-refractivity contribution in [3.63, 3.8) is 0 Å². The molecule has 8 N–H and O–H groups in total. The number of carboxylic acid groups (broad SMARTS) is 1. The molecule has 1 aromatic carbocycles. The number of aliphatic carboxylic acids is 1.